The van der Waals surface area contributed by atoms with Gasteiger partial charge in [0.15, 0.2) is 11.6 Å². The second-order valence-corrected chi connectivity index (χ2v) is 10.7. The number of carbonyl (C=O) groups excluding carboxylic acids is 4. The fraction of sp³-hybridized carbons (Fsp3) is 0.147. The third-order valence-electron chi connectivity index (χ3n) is 8.47. The van der Waals surface area contributed by atoms with E-state index in [2.05, 4.69) is 10.3 Å². The van der Waals surface area contributed by atoms with E-state index in [-0.39, 0.29) is 17.5 Å². The molecule has 1 fully saturated rings. The van der Waals surface area contributed by atoms with Crippen LogP contribution >= 0.6 is 0 Å². The molecule has 0 unspecified atom stereocenters. The van der Waals surface area contributed by atoms with Crippen LogP contribution in [0.2, 0.25) is 0 Å². The Bertz CT molecular complexity index is 1800. The fourth-order valence-electron chi connectivity index (χ4n) is 6.88. The highest BCUT2D eigenvalue weighted by Crippen LogP contribution is 2.62. The minimum atomic E-state index is -1.41. The summed E-state index contributed by atoms with van der Waals surface area (Å²) >= 11 is 0. The van der Waals surface area contributed by atoms with E-state index in [4.69, 9.17) is 4.74 Å². The summed E-state index contributed by atoms with van der Waals surface area (Å²) in [5, 5.41) is 3.04. The Labute approximate surface area is 241 Å². The summed E-state index contributed by atoms with van der Waals surface area (Å²) in [6.45, 7) is 1.30. The number of ketones is 2. The molecule has 0 radical (unpaired) electrons. The highest BCUT2D eigenvalue weighted by atomic mass is 16.5. The fourth-order valence-corrected chi connectivity index (χ4v) is 6.88. The number of hydrogen-bond donors (Lipinski definition) is 1. The van der Waals surface area contributed by atoms with Gasteiger partial charge in [-0.3, -0.25) is 24.2 Å². The Balaban J connectivity index is 1.48. The van der Waals surface area contributed by atoms with Crippen molar-refractivity contribution in [2.24, 2.45) is 5.92 Å². The maximum absolute atomic E-state index is 14.7. The average molecular weight is 556 g/mol. The summed E-state index contributed by atoms with van der Waals surface area (Å²) < 4.78 is 5.16. The molecular weight excluding hydrogens is 530 g/mol. The van der Waals surface area contributed by atoms with Gasteiger partial charge >= 0.3 is 5.97 Å². The first kappa shape index (κ1) is 25.6. The number of esters is 1. The van der Waals surface area contributed by atoms with Crippen LogP contribution in [0.25, 0.3) is 6.08 Å². The topological polar surface area (TPSA) is 106 Å². The van der Waals surface area contributed by atoms with Crippen LogP contribution in [0.1, 0.15) is 50.4 Å². The molecule has 1 saturated heterocycles. The number of hydrogen-bond acceptors (Lipinski definition) is 7. The Morgan fingerprint density at radius 1 is 0.881 bits per heavy atom. The molecule has 4 atom stereocenters. The molecule has 1 N–H and O–H groups in total. The van der Waals surface area contributed by atoms with Crippen LogP contribution in [-0.4, -0.2) is 39.4 Å². The maximum Gasteiger partial charge on any atom is 0.308 e. The van der Waals surface area contributed by atoms with Crippen LogP contribution in [-0.2, 0) is 15.0 Å². The predicted octanol–water partition coefficient (Wildman–Crippen LogP) is 4.99. The SMILES string of the molecule is CC(=O)Oc1ccc(C(=O)[C@@H]2[C@@H](C(=O)c3cccnc3)[C@@]3(C(=O)Nc4ccccc43)[C@H]3c4ccccc4C=CN23)cc1. The number of anilines is 1. The summed E-state index contributed by atoms with van der Waals surface area (Å²) in [5.74, 6) is -2.25. The van der Waals surface area contributed by atoms with Gasteiger partial charge < -0.3 is 15.0 Å². The van der Waals surface area contributed by atoms with E-state index in [0.717, 1.165) is 11.1 Å². The quantitative estimate of drug-likeness (QED) is 0.210. The first-order valence-electron chi connectivity index (χ1n) is 13.6. The summed E-state index contributed by atoms with van der Waals surface area (Å²) in [4.78, 5) is 61.1. The van der Waals surface area contributed by atoms with Gasteiger partial charge in [-0.15, -0.1) is 0 Å². The average Bonchev–Trinajstić information content (AvgIpc) is 3.49. The van der Waals surface area contributed by atoms with Gasteiger partial charge in [0, 0.05) is 42.3 Å². The van der Waals surface area contributed by atoms with E-state index >= 15 is 0 Å². The van der Waals surface area contributed by atoms with Gasteiger partial charge in [0.2, 0.25) is 5.91 Å². The number of carbonyl (C=O) groups is 4. The van der Waals surface area contributed by atoms with Crippen molar-refractivity contribution < 1.29 is 23.9 Å². The summed E-state index contributed by atoms with van der Waals surface area (Å²) in [6.07, 6.45) is 6.80. The molecule has 0 bridgehead atoms. The normalized spacial score (nSPS) is 23.1. The second kappa shape index (κ2) is 9.62. The molecule has 4 aromatic rings. The molecule has 1 spiro atoms. The molecule has 3 aliphatic rings. The van der Waals surface area contributed by atoms with Crippen molar-refractivity contribution in [2.45, 2.75) is 24.4 Å². The lowest BCUT2D eigenvalue weighted by molar-refractivity contribution is -0.131. The first-order valence-corrected chi connectivity index (χ1v) is 13.6. The summed E-state index contributed by atoms with van der Waals surface area (Å²) in [7, 11) is 0. The first-order chi connectivity index (χ1) is 20.4. The highest BCUT2D eigenvalue weighted by molar-refractivity contribution is 6.16. The van der Waals surface area contributed by atoms with Crippen LogP contribution < -0.4 is 10.1 Å². The van der Waals surface area contributed by atoms with E-state index < -0.39 is 29.4 Å². The Morgan fingerprint density at radius 3 is 2.40 bits per heavy atom. The minimum Gasteiger partial charge on any atom is -0.427 e. The van der Waals surface area contributed by atoms with Gasteiger partial charge in [-0.05, 0) is 65.2 Å². The zero-order valence-corrected chi connectivity index (χ0v) is 22.6. The highest BCUT2D eigenvalue weighted by Gasteiger charge is 2.70. The standard InChI is InChI=1S/C34H25N3O5/c1-20(38)42-24-14-12-22(13-15-24)31(40)29-28(30(39)23-8-6-17-35-19-23)34(26-10-4-5-11-27(26)36-33(34)41)32-25-9-3-2-7-21(25)16-18-37(29)32/h2-19,28-29,32H,1H3,(H,36,41)/t28-,29-,32+,34+/m0/s1. The monoisotopic (exact) mass is 555 g/mol. The zero-order valence-electron chi connectivity index (χ0n) is 22.6. The van der Waals surface area contributed by atoms with Crippen LogP contribution in [0.5, 0.6) is 5.75 Å². The number of Topliss-reactive ketones (excluding diaryl/α,β-unsaturated/α-hetero) is 2. The summed E-state index contributed by atoms with van der Waals surface area (Å²) in [5.41, 5.74) is 2.31. The van der Waals surface area contributed by atoms with E-state index in [9.17, 15) is 19.2 Å². The predicted molar refractivity (Wildman–Crippen MR) is 155 cm³/mol. The van der Waals surface area contributed by atoms with Crippen LogP contribution in [0.3, 0.4) is 0 Å². The van der Waals surface area contributed by atoms with Crippen molar-refractivity contribution >= 4 is 35.2 Å². The van der Waals surface area contributed by atoms with Gasteiger partial charge in [-0.1, -0.05) is 42.5 Å². The number of pyridine rings is 1. The molecule has 0 aliphatic carbocycles. The van der Waals surface area contributed by atoms with Gasteiger partial charge in [-0.25, -0.2) is 0 Å². The van der Waals surface area contributed by atoms with Gasteiger partial charge in [0.05, 0.1) is 12.0 Å². The molecule has 8 nitrogen and oxygen atoms in total. The number of nitrogens with zero attached hydrogens (tertiary/aromatic N) is 2. The van der Waals surface area contributed by atoms with Gasteiger partial charge in [0.25, 0.3) is 0 Å². The largest absolute Gasteiger partial charge is 0.427 e. The van der Waals surface area contributed by atoms with Crippen molar-refractivity contribution in [1.82, 2.24) is 9.88 Å². The molecule has 4 heterocycles. The number of para-hydroxylation sites is 1. The summed E-state index contributed by atoms with van der Waals surface area (Å²) in [6, 6.07) is 23.1. The van der Waals surface area contributed by atoms with Crippen molar-refractivity contribution in [3.8, 4) is 5.75 Å². The third-order valence-corrected chi connectivity index (χ3v) is 8.47. The molecule has 0 saturated carbocycles. The number of ether oxygens (including phenoxy) is 1. The lowest BCUT2D eigenvalue weighted by Crippen LogP contribution is -2.49. The number of nitrogens with one attached hydrogen (secondary N) is 1. The lowest BCUT2D eigenvalue weighted by Gasteiger charge is -2.38. The molecule has 3 aliphatic heterocycles. The Hall–Kier alpha value is -5.37. The van der Waals surface area contributed by atoms with Crippen molar-refractivity contribution in [3.63, 3.8) is 0 Å². The van der Waals surface area contributed by atoms with Crippen molar-refractivity contribution in [1.29, 1.82) is 0 Å². The van der Waals surface area contributed by atoms with E-state index in [0.29, 0.717) is 28.1 Å². The van der Waals surface area contributed by atoms with Crippen LogP contribution in [0.4, 0.5) is 5.69 Å². The number of rotatable bonds is 5. The molecule has 8 heteroatoms. The third kappa shape index (κ3) is 3.65. The molecule has 3 aromatic carbocycles. The molecule has 1 amide bonds. The smallest absolute Gasteiger partial charge is 0.308 e. The molecule has 42 heavy (non-hydrogen) atoms. The zero-order chi connectivity index (χ0) is 29.0. The molecule has 7 rings (SSSR count). The van der Waals surface area contributed by atoms with Crippen molar-refractivity contribution in [3.05, 3.63) is 131 Å². The second-order valence-electron chi connectivity index (χ2n) is 10.7. The maximum atomic E-state index is 14.7. The van der Waals surface area contributed by atoms with E-state index in [1.165, 1.54) is 13.1 Å². The Morgan fingerprint density at radius 2 is 1.64 bits per heavy atom. The number of aromatic nitrogens is 1. The molecule has 1 aromatic heterocycles. The van der Waals surface area contributed by atoms with Gasteiger partial charge in [-0.2, -0.15) is 0 Å². The van der Waals surface area contributed by atoms with Crippen molar-refractivity contribution in [2.75, 3.05) is 5.32 Å². The lowest BCUT2D eigenvalue weighted by atomic mass is 9.62. The van der Waals surface area contributed by atoms with E-state index in [1.807, 2.05) is 65.7 Å². The van der Waals surface area contributed by atoms with E-state index in [1.54, 1.807) is 42.6 Å². The number of benzene rings is 3. The van der Waals surface area contributed by atoms with Gasteiger partial charge in [0.1, 0.15) is 17.2 Å². The Kier molecular flexibility index (Phi) is 5.86. The molecule has 206 valence electrons. The minimum absolute atomic E-state index is 0.304. The van der Waals surface area contributed by atoms with Crippen LogP contribution in [0, 0.1) is 5.92 Å². The molecular formula is C34H25N3O5. The van der Waals surface area contributed by atoms with Crippen LogP contribution in [0.15, 0.2) is 104 Å². The number of amides is 1. The number of fused-ring (bicyclic) bond motifs is 6.